The predicted molar refractivity (Wildman–Crippen MR) is 43.0 cm³/mol. The van der Waals surface area contributed by atoms with Crippen LogP contribution < -0.4 is 5.32 Å². The minimum absolute atomic E-state index is 0.0216. The van der Waals surface area contributed by atoms with Gasteiger partial charge in [-0.25, -0.2) is 8.42 Å². The average molecular weight is 179 g/mol. The minimum Gasteiger partial charge on any atom is -0.355 e. The van der Waals surface area contributed by atoms with E-state index in [4.69, 9.17) is 0 Å². The molecule has 0 heterocycles. The molecule has 4 nitrogen and oxygen atoms in total. The maximum atomic E-state index is 10.8. The Bertz CT molecular complexity index is 190. The van der Waals surface area contributed by atoms with E-state index >= 15 is 0 Å². The molecular weight excluding hydrogens is 166 g/mol. The first kappa shape index (κ1) is 10.4. The highest BCUT2D eigenvalue weighted by atomic mass is 32.2. The highest BCUT2D eigenvalue weighted by Crippen LogP contribution is 1.88. The Labute approximate surface area is 67.9 Å². The van der Waals surface area contributed by atoms with Crippen molar-refractivity contribution in [1.82, 2.24) is 5.32 Å². The summed E-state index contributed by atoms with van der Waals surface area (Å²) in [5.41, 5.74) is 0. The summed E-state index contributed by atoms with van der Waals surface area (Å²) in [6, 6.07) is 0. The molecule has 0 aromatic carbocycles. The van der Waals surface area contributed by atoms with Crippen LogP contribution in [0.4, 0.5) is 0 Å². The molecule has 0 rings (SSSR count). The van der Waals surface area contributed by atoms with Gasteiger partial charge in [0.1, 0.15) is 10.7 Å². The van der Waals surface area contributed by atoms with Gasteiger partial charge in [0.05, 0.1) is 5.75 Å². The van der Waals surface area contributed by atoms with Crippen LogP contribution in [-0.2, 0) is 15.5 Å². The van der Waals surface area contributed by atoms with Crippen molar-refractivity contribution in [3.63, 3.8) is 0 Å². The van der Waals surface area contributed by atoms with Crippen molar-refractivity contribution in [3.8, 4) is 0 Å². The first-order chi connectivity index (χ1) is 5.04. The third-order valence-electron chi connectivity index (χ3n) is 1.12. The Kier molecular flexibility index (Phi) is 4.85. The second-order valence-corrected chi connectivity index (χ2v) is 3.61. The van der Waals surface area contributed by atoms with Crippen molar-refractivity contribution in [1.29, 1.82) is 0 Å². The van der Waals surface area contributed by atoms with E-state index in [0.29, 0.717) is 0 Å². The molecule has 0 aromatic rings. The average Bonchev–Trinajstić information content (AvgIpc) is 1.86. The van der Waals surface area contributed by atoms with Crippen molar-refractivity contribution in [2.75, 3.05) is 12.3 Å². The van der Waals surface area contributed by atoms with E-state index in [1.165, 1.54) is 0 Å². The Morgan fingerprint density at radius 3 is 2.36 bits per heavy atom. The van der Waals surface area contributed by atoms with E-state index in [9.17, 15) is 13.2 Å². The Hall–Kier alpha value is -0.580. The van der Waals surface area contributed by atoms with E-state index in [2.05, 4.69) is 5.32 Å². The van der Waals surface area contributed by atoms with Crippen LogP contribution in [0.2, 0.25) is 0 Å². The molecule has 0 fully saturated rings. The molecule has 0 unspecified atom stereocenters. The molecular formula is C6H13NO3S. The first-order valence-corrected chi connectivity index (χ1v) is 4.80. The zero-order chi connectivity index (χ0) is 8.85. The summed E-state index contributed by atoms with van der Waals surface area (Å²) in [6.45, 7) is 3.73. The Morgan fingerprint density at radius 2 is 2.00 bits per heavy atom. The highest BCUT2D eigenvalue weighted by Gasteiger charge is 2.04. The SMILES string of the molecule is CC(C)C(=O)NCC[SH](=O)=O. The molecule has 66 valence electrons. The van der Waals surface area contributed by atoms with E-state index < -0.39 is 10.7 Å². The molecule has 0 saturated carbocycles. The Balaban J connectivity index is 3.47. The molecule has 0 aliphatic carbocycles. The van der Waals surface area contributed by atoms with Gasteiger partial charge in [0.2, 0.25) is 5.91 Å². The third-order valence-corrected chi connectivity index (χ3v) is 1.71. The zero-order valence-electron chi connectivity index (χ0n) is 6.66. The van der Waals surface area contributed by atoms with Gasteiger partial charge in [-0.2, -0.15) is 0 Å². The number of carbonyl (C=O) groups is 1. The normalized spacial score (nSPS) is 10.5. The van der Waals surface area contributed by atoms with Crippen LogP contribution in [0, 0.1) is 5.92 Å². The van der Waals surface area contributed by atoms with Gasteiger partial charge in [-0.3, -0.25) is 4.79 Å². The summed E-state index contributed by atoms with van der Waals surface area (Å²) in [4.78, 5) is 10.8. The summed E-state index contributed by atoms with van der Waals surface area (Å²) >= 11 is 0. The monoisotopic (exact) mass is 179 g/mol. The second kappa shape index (κ2) is 5.12. The van der Waals surface area contributed by atoms with Gasteiger partial charge < -0.3 is 5.32 Å². The zero-order valence-corrected chi connectivity index (χ0v) is 7.56. The molecule has 0 saturated heterocycles. The van der Waals surface area contributed by atoms with Gasteiger partial charge in [0, 0.05) is 12.5 Å². The topological polar surface area (TPSA) is 63.2 Å². The van der Waals surface area contributed by atoms with Crippen LogP contribution in [0.5, 0.6) is 0 Å². The largest absolute Gasteiger partial charge is 0.355 e. The van der Waals surface area contributed by atoms with Gasteiger partial charge in [0.25, 0.3) is 0 Å². The smallest absolute Gasteiger partial charge is 0.222 e. The first-order valence-electron chi connectivity index (χ1n) is 3.43. The number of rotatable bonds is 4. The fourth-order valence-corrected chi connectivity index (χ4v) is 0.769. The van der Waals surface area contributed by atoms with Crippen molar-refractivity contribution in [2.24, 2.45) is 5.92 Å². The number of nitrogens with one attached hydrogen (secondary N) is 1. The van der Waals surface area contributed by atoms with E-state index in [1.807, 2.05) is 0 Å². The van der Waals surface area contributed by atoms with Crippen LogP contribution in [0.1, 0.15) is 13.8 Å². The van der Waals surface area contributed by atoms with Crippen LogP contribution in [-0.4, -0.2) is 26.6 Å². The van der Waals surface area contributed by atoms with Gasteiger partial charge in [-0.05, 0) is 0 Å². The number of carbonyl (C=O) groups excluding carboxylic acids is 1. The number of hydrogen-bond donors (Lipinski definition) is 2. The summed E-state index contributed by atoms with van der Waals surface area (Å²) in [5, 5.41) is 2.49. The standard InChI is InChI=1S/C6H13NO3S/c1-5(2)6(8)7-3-4-11(9)10/h5,11H,3-4H2,1-2H3,(H,7,8). The molecule has 0 aliphatic rings. The van der Waals surface area contributed by atoms with E-state index in [-0.39, 0.29) is 24.1 Å². The lowest BCUT2D eigenvalue weighted by Crippen LogP contribution is -2.30. The molecule has 5 heteroatoms. The summed E-state index contributed by atoms with van der Waals surface area (Å²) < 4.78 is 20.1. The van der Waals surface area contributed by atoms with Gasteiger partial charge in [0.15, 0.2) is 0 Å². The lowest BCUT2D eigenvalue weighted by atomic mass is 10.2. The van der Waals surface area contributed by atoms with E-state index in [1.54, 1.807) is 13.8 Å². The van der Waals surface area contributed by atoms with Crippen molar-refractivity contribution in [2.45, 2.75) is 13.8 Å². The number of hydrogen-bond acceptors (Lipinski definition) is 3. The van der Waals surface area contributed by atoms with Gasteiger partial charge in [-0.15, -0.1) is 0 Å². The van der Waals surface area contributed by atoms with Crippen LogP contribution in [0.25, 0.3) is 0 Å². The molecule has 1 N–H and O–H groups in total. The lowest BCUT2D eigenvalue weighted by Gasteiger charge is -2.04. The third kappa shape index (κ3) is 5.84. The number of amides is 1. The molecule has 0 spiro atoms. The van der Waals surface area contributed by atoms with Crippen LogP contribution in [0.15, 0.2) is 0 Å². The van der Waals surface area contributed by atoms with Crippen LogP contribution in [0.3, 0.4) is 0 Å². The summed E-state index contributed by atoms with van der Waals surface area (Å²) in [7, 11) is -2.37. The van der Waals surface area contributed by atoms with Gasteiger partial charge >= 0.3 is 0 Å². The van der Waals surface area contributed by atoms with Gasteiger partial charge in [-0.1, -0.05) is 13.8 Å². The molecule has 0 atom stereocenters. The fourth-order valence-electron chi connectivity index (χ4n) is 0.475. The molecule has 1 amide bonds. The lowest BCUT2D eigenvalue weighted by molar-refractivity contribution is -0.123. The summed E-state index contributed by atoms with van der Waals surface area (Å²) in [6.07, 6.45) is 0. The number of thiol groups is 1. The molecule has 11 heavy (non-hydrogen) atoms. The van der Waals surface area contributed by atoms with Crippen molar-refractivity contribution < 1.29 is 13.2 Å². The molecule has 0 bridgehead atoms. The maximum absolute atomic E-state index is 10.8. The maximum Gasteiger partial charge on any atom is 0.222 e. The quantitative estimate of drug-likeness (QED) is 0.565. The molecule has 0 radical (unpaired) electrons. The van der Waals surface area contributed by atoms with E-state index in [0.717, 1.165) is 0 Å². The second-order valence-electron chi connectivity index (χ2n) is 2.50. The summed E-state index contributed by atoms with van der Waals surface area (Å²) in [5.74, 6) is -0.172. The van der Waals surface area contributed by atoms with Crippen molar-refractivity contribution >= 4 is 16.6 Å². The molecule has 0 aliphatic heterocycles. The molecule has 0 aromatic heterocycles. The minimum atomic E-state index is -2.37. The fraction of sp³-hybridized carbons (Fsp3) is 0.833. The highest BCUT2D eigenvalue weighted by molar-refractivity contribution is 7.72. The Morgan fingerprint density at radius 1 is 1.45 bits per heavy atom. The van der Waals surface area contributed by atoms with Crippen molar-refractivity contribution in [3.05, 3.63) is 0 Å². The van der Waals surface area contributed by atoms with Crippen LogP contribution >= 0.6 is 0 Å². The predicted octanol–water partition coefficient (Wildman–Crippen LogP) is -0.630.